The van der Waals surface area contributed by atoms with Crippen molar-refractivity contribution in [1.82, 2.24) is 19.9 Å². The maximum absolute atomic E-state index is 6.11. The summed E-state index contributed by atoms with van der Waals surface area (Å²) in [6.07, 6.45) is 0.932. The van der Waals surface area contributed by atoms with Gasteiger partial charge >= 0.3 is 0 Å². The Bertz CT molecular complexity index is 925. The monoisotopic (exact) mass is 360 g/mol. The van der Waals surface area contributed by atoms with E-state index in [1.54, 1.807) is 18.9 Å². The summed E-state index contributed by atoms with van der Waals surface area (Å²) in [5, 5.41) is 8.76. The average molecular weight is 361 g/mol. The molecule has 1 N–H and O–H groups in total. The van der Waals surface area contributed by atoms with Gasteiger partial charge in [0, 0.05) is 40.7 Å². The summed E-state index contributed by atoms with van der Waals surface area (Å²) in [5.41, 5.74) is 4.33. The van der Waals surface area contributed by atoms with Gasteiger partial charge in [-0.1, -0.05) is 29.4 Å². The molecule has 0 unspecified atom stereocenters. The molecule has 0 fully saturated rings. The number of hydrogen-bond donors (Lipinski definition) is 1. The number of nitrogens with zero attached hydrogens (tertiary/aromatic N) is 3. The van der Waals surface area contributed by atoms with Crippen molar-refractivity contribution in [3.8, 4) is 5.88 Å². The second kappa shape index (κ2) is 6.27. The number of nitrogens with one attached hydrogen (secondary N) is 1. The van der Waals surface area contributed by atoms with Crippen LogP contribution in [0.1, 0.15) is 17.0 Å². The van der Waals surface area contributed by atoms with Gasteiger partial charge in [0.2, 0.25) is 5.88 Å². The molecule has 3 heterocycles. The van der Waals surface area contributed by atoms with E-state index in [0.29, 0.717) is 10.9 Å². The lowest BCUT2D eigenvalue weighted by atomic mass is 10.1. The first-order valence-electron chi connectivity index (χ1n) is 7.76. The van der Waals surface area contributed by atoms with Crippen LogP contribution in [0.25, 0.3) is 5.65 Å². The highest BCUT2D eigenvalue weighted by Gasteiger charge is 2.23. The van der Waals surface area contributed by atoms with Gasteiger partial charge in [-0.2, -0.15) is 0 Å². The van der Waals surface area contributed by atoms with E-state index in [1.807, 2.05) is 28.8 Å². The van der Waals surface area contributed by atoms with Gasteiger partial charge in [-0.25, -0.2) is 9.50 Å². The van der Waals surface area contributed by atoms with Gasteiger partial charge in [0.25, 0.3) is 0 Å². The molecule has 4 rings (SSSR count). The summed E-state index contributed by atoms with van der Waals surface area (Å²) in [6.45, 7) is 3.84. The van der Waals surface area contributed by atoms with Crippen LogP contribution in [0.3, 0.4) is 0 Å². The molecule has 0 bridgehead atoms. The second-order valence-electron chi connectivity index (χ2n) is 5.68. The zero-order valence-corrected chi connectivity index (χ0v) is 15.0. The highest BCUT2D eigenvalue weighted by atomic mass is 35.5. The second-order valence-corrected chi connectivity index (χ2v) is 7.20. The summed E-state index contributed by atoms with van der Waals surface area (Å²) in [6, 6.07) is 7.76. The Kier molecular flexibility index (Phi) is 4.12. The highest BCUT2D eigenvalue weighted by molar-refractivity contribution is 7.99. The molecular formula is C17H17ClN4OS. The van der Waals surface area contributed by atoms with Crippen LogP contribution in [0.2, 0.25) is 5.02 Å². The van der Waals surface area contributed by atoms with E-state index in [-0.39, 0.29) is 0 Å². The molecular weight excluding hydrogens is 344 g/mol. The number of aryl methyl sites for hydroxylation is 1. The van der Waals surface area contributed by atoms with E-state index in [9.17, 15) is 0 Å². The fourth-order valence-corrected chi connectivity index (χ4v) is 4.26. The zero-order valence-electron chi connectivity index (χ0n) is 13.5. The van der Waals surface area contributed by atoms with Crippen molar-refractivity contribution in [2.75, 3.05) is 13.7 Å². The number of benzene rings is 1. The molecule has 2 aromatic heterocycles. The van der Waals surface area contributed by atoms with Crippen LogP contribution in [-0.2, 0) is 13.0 Å². The predicted molar refractivity (Wildman–Crippen MR) is 95.3 cm³/mol. The quantitative estimate of drug-likeness (QED) is 0.774. The van der Waals surface area contributed by atoms with Gasteiger partial charge in [0.05, 0.1) is 12.8 Å². The summed E-state index contributed by atoms with van der Waals surface area (Å²) < 4.78 is 7.46. The fourth-order valence-electron chi connectivity index (χ4n) is 3.00. The van der Waals surface area contributed by atoms with Crippen LogP contribution >= 0.6 is 23.4 Å². The number of methoxy groups -OCH3 is 1. The van der Waals surface area contributed by atoms with Crippen LogP contribution in [0.4, 0.5) is 0 Å². The smallest absolute Gasteiger partial charge is 0.249 e. The summed E-state index contributed by atoms with van der Waals surface area (Å²) in [4.78, 5) is 6.76. The molecule has 0 radical (unpaired) electrons. The molecule has 1 aromatic carbocycles. The Morgan fingerprint density at radius 2 is 2.25 bits per heavy atom. The molecule has 7 heteroatoms. The number of rotatable bonds is 3. The largest absolute Gasteiger partial charge is 0.479 e. The third-order valence-electron chi connectivity index (χ3n) is 4.15. The minimum absolute atomic E-state index is 0.596. The van der Waals surface area contributed by atoms with Gasteiger partial charge < -0.3 is 10.1 Å². The van der Waals surface area contributed by atoms with Crippen molar-refractivity contribution < 1.29 is 4.74 Å². The van der Waals surface area contributed by atoms with Crippen molar-refractivity contribution in [1.29, 1.82) is 0 Å². The molecule has 1 aliphatic heterocycles. The lowest BCUT2D eigenvalue weighted by Gasteiger charge is -2.19. The number of fused-ring (bicyclic) bond motifs is 3. The van der Waals surface area contributed by atoms with E-state index >= 15 is 0 Å². The Balaban J connectivity index is 1.89. The first-order valence-corrected chi connectivity index (χ1v) is 8.96. The molecule has 3 aromatic rings. The van der Waals surface area contributed by atoms with Crippen LogP contribution in [0, 0.1) is 6.92 Å². The maximum atomic E-state index is 6.11. The van der Waals surface area contributed by atoms with Crippen molar-refractivity contribution >= 4 is 29.0 Å². The predicted octanol–water partition coefficient (Wildman–Crippen LogP) is 3.50. The standard InChI is InChI=1S/C17H17ClN4OS/c1-10-13-9-19-7-6-14(13)22-16(20-10)15(17(21-22)23-2)24-12-5-3-4-11(18)8-12/h3-5,8,19H,6-7,9H2,1-2H3. The normalized spacial score (nSPS) is 14.0. The first-order chi connectivity index (χ1) is 11.7. The maximum Gasteiger partial charge on any atom is 0.249 e. The summed E-state index contributed by atoms with van der Waals surface area (Å²) in [7, 11) is 1.64. The third kappa shape index (κ3) is 2.64. The zero-order chi connectivity index (χ0) is 16.7. The summed E-state index contributed by atoms with van der Waals surface area (Å²) in [5.74, 6) is 0.596. The van der Waals surface area contributed by atoms with Crippen molar-refractivity contribution in [3.63, 3.8) is 0 Å². The minimum atomic E-state index is 0.596. The van der Waals surface area contributed by atoms with Gasteiger partial charge in [0.1, 0.15) is 4.90 Å². The molecule has 0 saturated carbocycles. The van der Waals surface area contributed by atoms with Crippen molar-refractivity contribution in [3.05, 3.63) is 46.2 Å². The molecule has 0 atom stereocenters. The topological polar surface area (TPSA) is 51.5 Å². The van der Waals surface area contributed by atoms with Crippen LogP contribution < -0.4 is 10.1 Å². The van der Waals surface area contributed by atoms with E-state index < -0.39 is 0 Å². The SMILES string of the molecule is COc1nn2c3c(c(C)nc2c1Sc1cccc(Cl)c1)CNCC3. The molecule has 0 amide bonds. The molecule has 0 spiro atoms. The fraction of sp³-hybridized carbons (Fsp3) is 0.294. The lowest BCUT2D eigenvalue weighted by Crippen LogP contribution is -2.27. The van der Waals surface area contributed by atoms with E-state index in [1.165, 1.54) is 11.3 Å². The van der Waals surface area contributed by atoms with Gasteiger partial charge in [-0.3, -0.25) is 0 Å². The number of halogens is 1. The average Bonchev–Trinajstić information content (AvgIpc) is 2.93. The van der Waals surface area contributed by atoms with Crippen molar-refractivity contribution in [2.24, 2.45) is 0 Å². The number of hydrogen-bond acceptors (Lipinski definition) is 5. The Labute approximate surface area is 149 Å². The minimum Gasteiger partial charge on any atom is -0.479 e. The Morgan fingerprint density at radius 3 is 3.04 bits per heavy atom. The number of ether oxygens (including phenoxy) is 1. The molecule has 24 heavy (non-hydrogen) atoms. The van der Waals surface area contributed by atoms with Gasteiger partial charge in [0.15, 0.2) is 5.65 Å². The highest BCUT2D eigenvalue weighted by Crippen LogP contribution is 2.39. The molecule has 1 aliphatic rings. The van der Waals surface area contributed by atoms with Gasteiger partial charge in [-0.15, -0.1) is 5.10 Å². The van der Waals surface area contributed by atoms with Crippen molar-refractivity contribution in [2.45, 2.75) is 29.7 Å². The molecule has 124 valence electrons. The Hall–Kier alpha value is -1.76. The van der Waals surface area contributed by atoms with Crippen LogP contribution in [-0.4, -0.2) is 28.3 Å². The molecule has 5 nitrogen and oxygen atoms in total. The molecule has 0 saturated heterocycles. The van der Waals surface area contributed by atoms with Gasteiger partial charge in [-0.05, 0) is 25.1 Å². The first kappa shape index (κ1) is 15.7. The third-order valence-corrected chi connectivity index (χ3v) is 5.44. The molecule has 0 aliphatic carbocycles. The van der Waals surface area contributed by atoms with E-state index in [2.05, 4.69) is 17.3 Å². The summed E-state index contributed by atoms with van der Waals surface area (Å²) >= 11 is 7.69. The lowest BCUT2D eigenvalue weighted by molar-refractivity contribution is 0.385. The van der Waals surface area contributed by atoms with Crippen LogP contribution in [0.15, 0.2) is 34.1 Å². The van der Waals surface area contributed by atoms with E-state index in [4.69, 9.17) is 21.3 Å². The van der Waals surface area contributed by atoms with E-state index in [0.717, 1.165) is 40.6 Å². The number of aromatic nitrogens is 3. The van der Waals surface area contributed by atoms with Crippen LogP contribution in [0.5, 0.6) is 5.88 Å². The Morgan fingerprint density at radius 1 is 1.38 bits per heavy atom.